The first-order chi connectivity index (χ1) is 9.96. The van der Waals surface area contributed by atoms with Crippen LogP contribution in [0, 0.1) is 20.8 Å². The molecular formula is C18H23NO2. The van der Waals surface area contributed by atoms with Gasteiger partial charge in [0.15, 0.2) is 0 Å². The van der Waals surface area contributed by atoms with Gasteiger partial charge in [-0.15, -0.1) is 0 Å². The van der Waals surface area contributed by atoms with Crippen LogP contribution < -0.4 is 15.2 Å². The molecule has 2 aromatic rings. The zero-order chi connectivity index (χ0) is 15.6. The van der Waals surface area contributed by atoms with E-state index in [0.29, 0.717) is 0 Å². The molecule has 0 spiro atoms. The third-order valence-electron chi connectivity index (χ3n) is 3.95. The molecule has 2 N–H and O–H groups in total. The molecule has 1 unspecified atom stereocenters. The van der Waals surface area contributed by atoms with E-state index in [1.807, 2.05) is 18.2 Å². The first-order valence-corrected chi connectivity index (χ1v) is 7.02. The number of nitrogens with two attached hydrogens (primary N) is 1. The van der Waals surface area contributed by atoms with Crippen LogP contribution in [0.5, 0.6) is 11.5 Å². The van der Waals surface area contributed by atoms with Crippen molar-refractivity contribution in [3.63, 3.8) is 0 Å². The van der Waals surface area contributed by atoms with Crippen LogP contribution >= 0.6 is 0 Å². The third kappa shape index (κ3) is 3.19. The molecule has 112 valence electrons. The van der Waals surface area contributed by atoms with Crippen LogP contribution in [0.3, 0.4) is 0 Å². The minimum atomic E-state index is -0.201. The number of methoxy groups -OCH3 is 2. The molecule has 0 aromatic heterocycles. The molecule has 0 saturated carbocycles. The number of hydrogen-bond acceptors (Lipinski definition) is 3. The molecular weight excluding hydrogens is 262 g/mol. The van der Waals surface area contributed by atoms with Gasteiger partial charge in [-0.25, -0.2) is 0 Å². The fourth-order valence-electron chi connectivity index (χ4n) is 2.51. The van der Waals surface area contributed by atoms with Gasteiger partial charge in [-0.3, -0.25) is 0 Å². The molecule has 0 aliphatic rings. The number of rotatable bonds is 4. The van der Waals surface area contributed by atoms with Crippen molar-refractivity contribution in [3.05, 3.63) is 58.1 Å². The Kier molecular flexibility index (Phi) is 4.53. The van der Waals surface area contributed by atoms with Crippen LogP contribution in [0.1, 0.15) is 33.9 Å². The summed E-state index contributed by atoms with van der Waals surface area (Å²) in [5.74, 6) is 1.50. The van der Waals surface area contributed by atoms with Crippen LogP contribution in [0.4, 0.5) is 0 Å². The van der Waals surface area contributed by atoms with E-state index in [1.54, 1.807) is 14.2 Å². The van der Waals surface area contributed by atoms with Crippen molar-refractivity contribution in [2.45, 2.75) is 26.8 Å². The van der Waals surface area contributed by atoms with Crippen LogP contribution in [0.25, 0.3) is 0 Å². The summed E-state index contributed by atoms with van der Waals surface area (Å²) in [6, 6.07) is 9.92. The molecule has 2 aromatic carbocycles. The average Bonchev–Trinajstić information content (AvgIpc) is 2.49. The minimum Gasteiger partial charge on any atom is -0.497 e. The van der Waals surface area contributed by atoms with Crippen LogP contribution in [0.15, 0.2) is 30.3 Å². The summed E-state index contributed by atoms with van der Waals surface area (Å²) in [4.78, 5) is 0. The first-order valence-electron chi connectivity index (χ1n) is 7.02. The average molecular weight is 285 g/mol. The Labute approximate surface area is 126 Å². The Hall–Kier alpha value is -2.00. The fourth-order valence-corrected chi connectivity index (χ4v) is 2.51. The second kappa shape index (κ2) is 6.19. The largest absolute Gasteiger partial charge is 0.497 e. The van der Waals surface area contributed by atoms with E-state index < -0.39 is 0 Å². The fraction of sp³-hybridized carbons (Fsp3) is 0.333. The van der Waals surface area contributed by atoms with E-state index in [2.05, 4.69) is 32.9 Å². The van der Waals surface area contributed by atoms with Crippen molar-refractivity contribution < 1.29 is 9.47 Å². The summed E-state index contributed by atoms with van der Waals surface area (Å²) < 4.78 is 10.6. The normalized spacial score (nSPS) is 12.1. The highest BCUT2D eigenvalue weighted by Crippen LogP contribution is 2.30. The molecule has 0 heterocycles. The van der Waals surface area contributed by atoms with Gasteiger partial charge in [0.2, 0.25) is 0 Å². The number of hydrogen-bond donors (Lipinski definition) is 1. The van der Waals surface area contributed by atoms with Gasteiger partial charge in [-0.05, 0) is 60.7 Å². The van der Waals surface area contributed by atoms with Gasteiger partial charge in [-0.2, -0.15) is 0 Å². The second-order valence-electron chi connectivity index (χ2n) is 5.42. The zero-order valence-corrected chi connectivity index (χ0v) is 13.4. The molecule has 1 atom stereocenters. The lowest BCUT2D eigenvalue weighted by atomic mass is 9.92. The highest BCUT2D eigenvalue weighted by molar-refractivity contribution is 5.46. The first kappa shape index (κ1) is 15.4. The van der Waals surface area contributed by atoms with Gasteiger partial charge in [0.25, 0.3) is 0 Å². The predicted octanol–water partition coefficient (Wildman–Crippen LogP) is 3.68. The monoisotopic (exact) mass is 285 g/mol. The quantitative estimate of drug-likeness (QED) is 0.932. The molecule has 3 nitrogen and oxygen atoms in total. The highest BCUT2D eigenvalue weighted by atomic mass is 16.5. The van der Waals surface area contributed by atoms with E-state index in [-0.39, 0.29) is 6.04 Å². The molecule has 0 fully saturated rings. The van der Waals surface area contributed by atoms with E-state index in [4.69, 9.17) is 15.2 Å². The second-order valence-corrected chi connectivity index (χ2v) is 5.42. The standard InChI is InChI=1S/C18H23NO2/c1-11-6-13(3)17(7-12(11)2)18(19)14-8-15(20-4)10-16(9-14)21-5/h6-10,18H,19H2,1-5H3. The molecule has 2 rings (SSSR count). The summed E-state index contributed by atoms with van der Waals surface area (Å²) in [6.45, 7) is 6.32. The maximum Gasteiger partial charge on any atom is 0.122 e. The summed E-state index contributed by atoms with van der Waals surface area (Å²) in [5, 5.41) is 0. The number of benzene rings is 2. The molecule has 0 amide bonds. The van der Waals surface area contributed by atoms with Crippen molar-refractivity contribution in [2.24, 2.45) is 5.73 Å². The molecule has 0 saturated heterocycles. The van der Waals surface area contributed by atoms with Crippen molar-refractivity contribution in [3.8, 4) is 11.5 Å². The molecule has 0 bridgehead atoms. The van der Waals surface area contributed by atoms with Gasteiger partial charge >= 0.3 is 0 Å². The maximum absolute atomic E-state index is 6.47. The Morgan fingerprint density at radius 1 is 0.762 bits per heavy atom. The topological polar surface area (TPSA) is 44.5 Å². The van der Waals surface area contributed by atoms with Crippen molar-refractivity contribution in [2.75, 3.05) is 14.2 Å². The Balaban J connectivity index is 2.49. The van der Waals surface area contributed by atoms with Crippen molar-refractivity contribution in [1.29, 1.82) is 0 Å². The van der Waals surface area contributed by atoms with E-state index in [1.165, 1.54) is 16.7 Å². The third-order valence-corrected chi connectivity index (χ3v) is 3.95. The lowest BCUT2D eigenvalue weighted by molar-refractivity contribution is 0.393. The highest BCUT2D eigenvalue weighted by Gasteiger charge is 2.15. The predicted molar refractivity (Wildman–Crippen MR) is 86.2 cm³/mol. The minimum absolute atomic E-state index is 0.201. The van der Waals surface area contributed by atoms with E-state index in [9.17, 15) is 0 Å². The number of ether oxygens (including phenoxy) is 2. The summed E-state index contributed by atoms with van der Waals surface area (Å²) >= 11 is 0. The van der Waals surface area contributed by atoms with E-state index >= 15 is 0 Å². The van der Waals surface area contributed by atoms with Crippen molar-refractivity contribution in [1.82, 2.24) is 0 Å². The van der Waals surface area contributed by atoms with Crippen LogP contribution in [0.2, 0.25) is 0 Å². The summed E-state index contributed by atoms with van der Waals surface area (Å²) in [6.07, 6.45) is 0. The molecule has 0 radical (unpaired) electrons. The molecule has 0 aliphatic heterocycles. The van der Waals surface area contributed by atoms with Gasteiger partial charge in [0, 0.05) is 6.07 Å². The molecule has 21 heavy (non-hydrogen) atoms. The van der Waals surface area contributed by atoms with Crippen LogP contribution in [-0.4, -0.2) is 14.2 Å². The van der Waals surface area contributed by atoms with Crippen LogP contribution in [-0.2, 0) is 0 Å². The Morgan fingerprint density at radius 2 is 1.29 bits per heavy atom. The Morgan fingerprint density at radius 3 is 1.81 bits per heavy atom. The van der Waals surface area contributed by atoms with E-state index in [0.717, 1.165) is 22.6 Å². The van der Waals surface area contributed by atoms with Gasteiger partial charge < -0.3 is 15.2 Å². The smallest absolute Gasteiger partial charge is 0.122 e. The van der Waals surface area contributed by atoms with Gasteiger partial charge in [0.05, 0.1) is 20.3 Å². The van der Waals surface area contributed by atoms with Gasteiger partial charge in [-0.1, -0.05) is 12.1 Å². The lowest BCUT2D eigenvalue weighted by Crippen LogP contribution is -2.14. The zero-order valence-electron chi connectivity index (χ0n) is 13.4. The van der Waals surface area contributed by atoms with Crippen molar-refractivity contribution >= 4 is 0 Å². The summed E-state index contributed by atoms with van der Waals surface area (Å²) in [7, 11) is 3.29. The lowest BCUT2D eigenvalue weighted by Gasteiger charge is -2.19. The summed E-state index contributed by atoms with van der Waals surface area (Å²) in [5.41, 5.74) is 12.3. The molecule has 3 heteroatoms. The SMILES string of the molecule is COc1cc(OC)cc(C(N)c2cc(C)c(C)cc2C)c1. The molecule has 0 aliphatic carbocycles. The Bertz CT molecular complexity index is 628. The maximum atomic E-state index is 6.47. The van der Waals surface area contributed by atoms with Gasteiger partial charge in [0.1, 0.15) is 11.5 Å². The number of aryl methyl sites for hydroxylation is 3.